The molecule has 1 saturated heterocycles. The number of terminal acetylenes is 1. The number of hydrogen-bond donors (Lipinski definition) is 2. The summed E-state index contributed by atoms with van der Waals surface area (Å²) in [5, 5.41) is 16.7. The van der Waals surface area contributed by atoms with Crippen LogP contribution in [0, 0.1) is 23.7 Å². The van der Waals surface area contributed by atoms with E-state index in [1.807, 2.05) is 38.1 Å². The molecular formula is C20H23N5OS. The fraction of sp³-hybridized carbons (Fsp3) is 0.450. The highest BCUT2D eigenvalue weighted by atomic mass is 32.1. The summed E-state index contributed by atoms with van der Waals surface area (Å²) < 4.78 is 1.14. The third-order valence-electron chi connectivity index (χ3n) is 4.71. The van der Waals surface area contributed by atoms with Gasteiger partial charge in [-0.15, -0.1) is 6.42 Å². The summed E-state index contributed by atoms with van der Waals surface area (Å²) in [5.74, 6) is 2.49. The van der Waals surface area contributed by atoms with Crippen molar-refractivity contribution < 1.29 is 4.79 Å². The van der Waals surface area contributed by atoms with Gasteiger partial charge in [0.15, 0.2) is 5.13 Å². The Kier molecular flexibility index (Phi) is 5.65. The highest BCUT2D eigenvalue weighted by molar-refractivity contribution is 7.22. The summed E-state index contributed by atoms with van der Waals surface area (Å²) in [5.41, 5.74) is 0.643. The van der Waals surface area contributed by atoms with Gasteiger partial charge in [0, 0.05) is 12.1 Å². The average Bonchev–Trinajstić information content (AvgIpc) is 3.27. The number of nitrogens with one attached hydrogen (secondary N) is 2. The number of nitrogens with zero attached hydrogens (tertiary/aromatic N) is 3. The third-order valence-corrected chi connectivity index (χ3v) is 5.70. The van der Waals surface area contributed by atoms with Crippen LogP contribution in [0.4, 0.5) is 5.13 Å². The number of nitriles is 1. The molecule has 3 rings (SSSR count). The topological polar surface area (TPSA) is 81.0 Å². The van der Waals surface area contributed by atoms with Crippen molar-refractivity contribution in [3.8, 4) is 18.4 Å². The van der Waals surface area contributed by atoms with Crippen molar-refractivity contribution in [1.82, 2.24) is 15.2 Å². The Morgan fingerprint density at radius 3 is 2.85 bits per heavy atom. The van der Waals surface area contributed by atoms with Crippen LogP contribution in [-0.4, -0.2) is 46.5 Å². The van der Waals surface area contributed by atoms with E-state index in [0.717, 1.165) is 15.3 Å². The van der Waals surface area contributed by atoms with Gasteiger partial charge in [-0.05, 0) is 38.8 Å². The number of fused-ring (bicyclic) bond motifs is 1. The molecule has 1 amide bonds. The minimum Gasteiger partial charge on any atom is -0.360 e. The van der Waals surface area contributed by atoms with Crippen molar-refractivity contribution >= 4 is 32.6 Å². The molecule has 1 aliphatic rings. The van der Waals surface area contributed by atoms with E-state index in [1.54, 1.807) is 16.2 Å². The van der Waals surface area contributed by atoms with Gasteiger partial charge in [0.25, 0.3) is 0 Å². The van der Waals surface area contributed by atoms with Crippen LogP contribution < -0.4 is 10.6 Å². The zero-order valence-electron chi connectivity index (χ0n) is 15.5. The van der Waals surface area contributed by atoms with E-state index in [9.17, 15) is 10.1 Å². The molecule has 140 valence electrons. The van der Waals surface area contributed by atoms with E-state index in [2.05, 4.69) is 27.6 Å². The molecule has 1 fully saturated rings. The summed E-state index contributed by atoms with van der Waals surface area (Å²) >= 11 is 1.61. The Labute approximate surface area is 163 Å². The summed E-state index contributed by atoms with van der Waals surface area (Å²) in [4.78, 5) is 18.7. The molecule has 2 aromatic rings. The third kappa shape index (κ3) is 4.39. The Morgan fingerprint density at radius 1 is 1.41 bits per heavy atom. The number of benzene rings is 1. The largest absolute Gasteiger partial charge is 0.360 e. The molecule has 7 heteroatoms. The van der Waals surface area contributed by atoms with Crippen LogP contribution in [0.2, 0.25) is 0 Å². The van der Waals surface area contributed by atoms with Crippen LogP contribution in [0.1, 0.15) is 26.7 Å². The van der Waals surface area contributed by atoms with E-state index >= 15 is 0 Å². The molecule has 2 N–H and O–H groups in total. The maximum Gasteiger partial charge on any atom is 0.238 e. The molecule has 2 atom stereocenters. The second kappa shape index (κ2) is 7.96. The number of amides is 1. The van der Waals surface area contributed by atoms with Crippen LogP contribution in [0.5, 0.6) is 0 Å². The Morgan fingerprint density at radius 2 is 2.15 bits per heavy atom. The predicted octanol–water partition coefficient (Wildman–Crippen LogP) is 2.59. The maximum absolute atomic E-state index is 12.6. The average molecular weight is 382 g/mol. The number of aromatic nitrogens is 1. The molecule has 2 heterocycles. The molecule has 1 aromatic carbocycles. The lowest BCUT2D eigenvalue weighted by atomic mass is 10.1. The second-order valence-electron chi connectivity index (χ2n) is 7.28. The summed E-state index contributed by atoms with van der Waals surface area (Å²) in [7, 11) is 0. The van der Waals surface area contributed by atoms with Crippen molar-refractivity contribution in [2.75, 3.05) is 18.4 Å². The standard InChI is InChI=1S/C20H23N5OS/c1-4-14-9-10-15(11-21)25(14)18(26)12-23-20(2,3)13-22-19-24-16-7-5-6-8-17(16)27-19/h1,5-8,14-15,23H,9-10,12-13H2,2-3H3,(H,22,24)/t14-,15-/m0/s1. The van der Waals surface area contributed by atoms with Crippen molar-refractivity contribution in [3.63, 3.8) is 0 Å². The van der Waals surface area contributed by atoms with Gasteiger partial charge in [-0.1, -0.05) is 29.4 Å². The summed E-state index contributed by atoms with van der Waals surface area (Å²) in [6.07, 6.45) is 6.84. The molecule has 0 spiro atoms. The summed E-state index contributed by atoms with van der Waals surface area (Å²) in [6, 6.07) is 9.47. The van der Waals surface area contributed by atoms with Gasteiger partial charge in [0.1, 0.15) is 6.04 Å². The van der Waals surface area contributed by atoms with E-state index < -0.39 is 6.04 Å². The molecule has 0 bridgehead atoms. The van der Waals surface area contributed by atoms with Crippen LogP contribution >= 0.6 is 11.3 Å². The molecule has 0 unspecified atom stereocenters. The number of thiazole rings is 1. The van der Waals surface area contributed by atoms with Gasteiger partial charge in [-0.2, -0.15) is 5.26 Å². The van der Waals surface area contributed by atoms with E-state index in [1.165, 1.54) is 0 Å². The molecule has 27 heavy (non-hydrogen) atoms. The number of para-hydroxylation sites is 1. The quantitative estimate of drug-likeness (QED) is 0.752. The first-order valence-corrected chi connectivity index (χ1v) is 9.76. The number of carbonyl (C=O) groups is 1. The lowest BCUT2D eigenvalue weighted by Gasteiger charge is -2.29. The van der Waals surface area contributed by atoms with Gasteiger partial charge in [0.05, 0.1) is 28.9 Å². The minimum absolute atomic E-state index is 0.130. The first-order valence-electron chi connectivity index (χ1n) is 8.95. The van der Waals surface area contributed by atoms with E-state index in [0.29, 0.717) is 19.4 Å². The molecule has 1 aliphatic heterocycles. The van der Waals surface area contributed by atoms with Crippen molar-refractivity contribution in [1.29, 1.82) is 5.26 Å². The van der Waals surface area contributed by atoms with Gasteiger partial charge in [-0.3, -0.25) is 4.79 Å². The van der Waals surface area contributed by atoms with Crippen LogP contribution in [0.15, 0.2) is 24.3 Å². The monoisotopic (exact) mass is 381 g/mol. The van der Waals surface area contributed by atoms with E-state index in [-0.39, 0.29) is 24.0 Å². The molecule has 1 aromatic heterocycles. The van der Waals surface area contributed by atoms with Crippen molar-refractivity contribution in [3.05, 3.63) is 24.3 Å². The van der Waals surface area contributed by atoms with Gasteiger partial charge >= 0.3 is 0 Å². The molecular weight excluding hydrogens is 358 g/mol. The molecule has 0 saturated carbocycles. The van der Waals surface area contributed by atoms with Crippen molar-refractivity contribution in [2.45, 2.75) is 44.3 Å². The molecule has 6 nitrogen and oxygen atoms in total. The Hall–Kier alpha value is -2.61. The smallest absolute Gasteiger partial charge is 0.238 e. The first kappa shape index (κ1) is 19.2. The number of anilines is 1. The number of rotatable bonds is 6. The van der Waals surface area contributed by atoms with Gasteiger partial charge < -0.3 is 15.5 Å². The fourth-order valence-corrected chi connectivity index (χ4v) is 4.02. The highest BCUT2D eigenvalue weighted by Gasteiger charge is 2.36. The Balaban J connectivity index is 1.55. The zero-order valence-corrected chi connectivity index (χ0v) is 16.3. The van der Waals surface area contributed by atoms with Crippen molar-refractivity contribution in [2.24, 2.45) is 0 Å². The second-order valence-corrected chi connectivity index (χ2v) is 8.31. The SMILES string of the molecule is C#C[C@H]1CC[C@@H](C#N)N1C(=O)CNC(C)(C)CNc1nc2ccccc2s1. The van der Waals surface area contributed by atoms with Crippen LogP contribution in [0.3, 0.4) is 0 Å². The van der Waals surface area contributed by atoms with Crippen LogP contribution in [0.25, 0.3) is 10.2 Å². The molecule has 0 aliphatic carbocycles. The Bertz CT molecular complexity index is 852. The predicted molar refractivity (Wildman–Crippen MR) is 108 cm³/mol. The first-order chi connectivity index (χ1) is 12.9. The number of likely N-dealkylation sites (tertiary alicyclic amines) is 1. The normalized spacial score (nSPS) is 19.6. The maximum atomic E-state index is 12.6. The fourth-order valence-electron chi connectivity index (χ4n) is 3.16. The van der Waals surface area contributed by atoms with Crippen LogP contribution in [-0.2, 0) is 4.79 Å². The zero-order chi connectivity index (χ0) is 19.4. The van der Waals surface area contributed by atoms with E-state index in [4.69, 9.17) is 6.42 Å². The van der Waals surface area contributed by atoms with Gasteiger partial charge in [0.2, 0.25) is 5.91 Å². The lowest BCUT2D eigenvalue weighted by Crippen LogP contribution is -2.51. The molecule has 0 radical (unpaired) electrons. The van der Waals surface area contributed by atoms with Gasteiger partial charge in [-0.25, -0.2) is 4.98 Å². The number of carbonyl (C=O) groups excluding carboxylic acids is 1. The number of hydrogen-bond acceptors (Lipinski definition) is 6. The lowest BCUT2D eigenvalue weighted by molar-refractivity contribution is -0.131. The minimum atomic E-state index is -0.427. The highest BCUT2D eigenvalue weighted by Crippen LogP contribution is 2.26. The summed E-state index contributed by atoms with van der Waals surface area (Å²) in [6.45, 7) is 4.79.